The molecule has 2 heterocycles. The molecule has 1 atom stereocenters. The molecule has 0 saturated carbocycles. The molecule has 1 aliphatic rings. The fraction of sp³-hybridized carbons (Fsp3) is 0.231. The van der Waals surface area contributed by atoms with E-state index >= 15 is 0 Å². The zero-order valence-corrected chi connectivity index (χ0v) is 10.4. The van der Waals surface area contributed by atoms with E-state index in [1.165, 1.54) is 0 Å². The SMILES string of the molecule is CC1CSC(Nc2cccc3cccnc23)=N1. The highest BCUT2D eigenvalue weighted by molar-refractivity contribution is 8.14. The number of benzene rings is 1. The summed E-state index contributed by atoms with van der Waals surface area (Å²) in [4.78, 5) is 8.95. The topological polar surface area (TPSA) is 37.3 Å². The number of hydrogen-bond donors (Lipinski definition) is 1. The largest absolute Gasteiger partial charge is 0.333 e. The number of fused-ring (bicyclic) bond motifs is 1. The lowest BCUT2D eigenvalue weighted by Gasteiger charge is -2.07. The summed E-state index contributed by atoms with van der Waals surface area (Å²) >= 11 is 1.76. The van der Waals surface area contributed by atoms with Gasteiger partial charge < -0.3 is 5.32 Å². The van der Waals surface area contributed by atoms with Crippen LogP contribution in [-0.4, -0.2) is 21.9 Å². The van der Waals surface area contributed by atoms with Crippen LogP contribution >= 0.6 is 11.8 Å². The Kier molecular flexibility index (Phi) is 2.73. The Balaban J connectivity index is 1.98. The molecule has 0 fully saturated rings. The van der Waals surface area contributed by atoms with Crippen molar-refractivity contribution in [3.63, 3.8) is 0 Å². The molecule has 3 rings (SSSR count). The highest BCUT2D eigenvalue weighted by Gasteiger charge is 2.14. The number of nitrogens with zero attached hydrogens (tertiary/aromatic N) is 2. The number of anilines is 1. The van der Waals surface area contributed by atoms with Crippen molar-refractivity contribution in [3.05, 3.63) is 36.5 Å². The predicted molar refractivity (Wildman–Crippen MR) is 74.7 cm³/mol. The van der Waals surface area contributed by atoms with E-state index in [1.54, 1.807) is 11.8 Å². The molecule has 3 nitrogen and oxygen atoms in total. The lowest BCUT2D eigenvalue weighted by molar-refractivity contribution is 0.865. The minimum Gasteiger partial charge on any atom is -0.333 e. The van der Waals surface area contributed by atoms with Crippen molar-refractivity contribution in [1.29, 1.82) is 0 Å². The highest BCUT2D eigenvalue weighted by atomic mass is 32.2. The lowest BCUT2D eigenvalue weighted by atomic mass is 10.2. The molecule has 0 bridgehead atoms. The summed E-state index contributed by atoms with van der Waals surface area (Å²) in [6, 6.07) is 10.6. The Morgan fingerprint density at radius 1 is 1.29 bits per heavy atom. The number of amidine groups is 1. The van der Waals surface area contributed by atoms with E-state index in [4.69, 9.17) is 0 Å². The average molecular weight is 243 g/mol. The van der Waals surface area contributed by atoms with Crippen LogP contribution in [0, 0.1) is 0 Å². The molecule has 0 spiro atoms. The maximum Gasteiger partial charge on any atom is 0.161 e. The van der Waals surface area contributed by atoms with Crippen molar-refractivity contribution >= 4 is 33.5 Å². The first-order valence-electron chi connectivity index (χ1n) is 5.64. The van der Waals surface area contributed by atoms with Crippen LogP contribution in [-0.2, 0) is 0 Å². The molecule has 1 aliphatic heterocycles. The number of hydrogen-bond acceptors (Lipinski definition) is 4. The molecule has 1 unspecified atom stereocenters. The van der Waals surface area contributed by atoms with Crippen molar-refractivity contribution in [2.24, 2.45) is 4.99 Å². The van der Waals surface area contributed by atoms with Crippen LogP contribution in [0.1, 0.15) is 6.92 Å². The van der Waals surface area contributed by atoms with E-state index in [9.17, 15) is 0 Å². The number of aliphatic imine (C=N–C) groups is 1. The number of nitrogens with one attached hydrogen (secondary N) is 1. The van der Waals surface area contributed by atoms with Crippen molar-refractivity contribution in [3.8, 4) is 0 Å². The van der Waals surface area contributed by atoms with E-state index in [0.29, 0.717) is 6.04 Å². The van der Waals surface area contributed by atoms with Gasteiger partial charge in [0.15, 0.2) is 5.17 Å². The van der Waals surface area contributed by atoms with E-state index in [-0.39, 0.29) is 0 Å². The fourth-order valence-electron chi connectivity index (χ4n) is 1.86. The predicted octanol–water partition coefficient (Wildman–Crippen LogP) is 3.14. The molecular formula is C13H13N3S. The Morgan fingerprint density at radius 3 is 3.00 bits per heavy atom. The second-order valence-electron chi connectivity index (χ2n) is 4.10. The first-order valence-corrected chi connectivity index (χ1v) is 6.63. The molecule has 86 valence electrons. The van der Waals surface area contributed by atoms with Gasteiger partial charge in [0.05, 0.1) is 17.2 Å². The van der Waals surface area contributed by atoms with Gasteiger partial charge in [0.25, 0.3) is 0 Å². The zero-order chi connectivity index (χ0) is 11.7. The summed E-state index contributed by atoms with van der Waals surface area (Å²) in [7, 11) is 0. The van der Waals surface area contributed by atoms with E-state index in [0.717, 1.165) is 27.5 Å². The third kappa shape index (κ3) is 2.13. The van der Waals surface area contributed by atoms with Gasteiger partial charge in [-0.1, -0.05) is 30.0 Å². The highest BCUT2D eigenvalue weighted by Crippen LogP contribution is 2.24. The van der Waals surface area contributed by atoms with Crippen LogP contribution in [0.3, 0.4) is 0 Å². The molecule has 2 aromatic rings. The minimum atomic E-state index is 0.408. The monoisotopic (exact) mass is 243 g/mol. The van der Waals surface area contributed by atoms with Gasteiger partial charge in [0, 0.05) is 17.3 Å². The van der Waals surface area contributed by atoms with Gasteiger partial charge in [-0.3, -0.25) is 9.98 Å². The summed E-state index contributed by atoms with van der Waals surface area (Å²) in [5.41, 5.74) is 2.03. The van der Waals surface area contributed by atoms with Gasteiger partial charge >= 0.3 is 0 Å². The van der Waals surface area contributed by atoms with Crippen molar-refractivity contribution in [2.75, 3.05) is 11.1 Å². The van der Waals surface area contributed by atoms with Crippen LogP contribution in [0.2, 0.25) is 0 Å². The third-order valence-corrected chi connectivity index (χ3v) is 3.80. The molecule has 17 heavy (non-hydrogen) atoms. The Morgan fingerprint density at radius 2 is 2.18 bits per heavy atom. The van der Waals surface area contributed by atoms with Gasteiger partial charge in [-0.15, -0.1) is 0 Å². The minimum absolute atomic E-state index is 0.408. The Hall–Kier alpha value is -1.55. The summed E-state index contributed by atoms with van der Waals surface area (Å²) in [5.74, 6) is 1.06. The van der Waals surface area contributed by atoms with Crippen LogP contribution in [0.15, 0.2) is 41.5 Å². The normalized spacial score (nSPS) is 19.4. The molecular weight excluding hydrogens is 230 g/mol. The molecule has 0 aliphatic carbocycles. The first kappa shape index (κ1) is 10.6. The van der Waals surface area contributed by atoms with Crippen molar-refractivity contribution in [2.45, 2.75) is 13.0 Å². The van der Waals surface area contributed by atoms with Crippen LogP contribution < -0.4 is 5.32 Å². The Labute approximate surface area is 104 Å². The summed E-state index contributed by atoms with van der Waals surface area (Å²) < 4.78 is 0. The lowest BCUT2D eigenvalue weighted by Crippen LogP contribution is -2.05. The third-order valence-electron chi connectivity index (χ3n) is 2.67. The smallest absolute Gasteiger partial charge is 0.161 e. The quantitative estimate of drug-likeness (QED) is 0.836. The molecule has 1 N–H and O–H groups in total. The number of thioether (sulfide) groups is 1. The van der Waals surface area contributed by atoms with Crippen molar-refractivity contribution < 1.29 is 0 Å². The number of aromatic nitrogens is 1. The summed E-state index contributed by atoms with van der Waals surface area (Å²) in [6.07, 6.45) is 1.82. The van der Waals surface area contributed by atoms with E-state index < -0.39 is 0 Å². The van der Waals surface area contributed by atoms with Gasteiger partial charge in [-0.05, 0) is 19.1 Å². The van der Waals surface area contributed by atoms with Crippen LogP contribution in [0.4, 0.5) is 5.69 Å². The number of para-hydroxylation sites is 1. The molecule has 0 amide bonds. The van der Waals surface area contributed by atoms with E-state index in [2.05, 4.69) is 34.3 Å². The van der Waals surface area contributed by atoms with Gasteiger partial charge in [0.2, 0.25) is 0 Å². The van der Waals surface area contributed by atoms with E-state index in [1.807, 2.05) is 24.4 Å². The van der Waals surface area contributed by atoms with Crippen molar-refractivity contribution in [1.82, 2.24) is 4.98 Å². The maximum absolute atomic E-state index is 4.53. The van der Waals surface area contributed by atoms with Gasteiger partial charge in [0.1, 0.15) is 0 Å². The molecule has 0 radical (unpaired) electrons. The summed E-state index contributed by atoms with van der Waals surface area (Å²) in [5, 5.41) is 5.51. The van der Waals surface area contributed by atoms with Crippen LogP contribution in [0.5, 0.6) is 0 Å². The molecule has 0 saturated heterocycles. The van der Waals surface area contributed by atoms with Gasteiger partial charge in [-0.25, -0.2) is 0 Å². The molecule has 1 aromatic heterocycles. The number of rotatable bonds is 1. The second-order valence-corrected chi connectivity index (χ2v) is 5.11. The number of pyridine rings is 1. The van der Waals surface area contributed by atoms with Gasteiger partial charge in [-0.2, -0.15) is 0 Å². The Bertz CT molecular complexity index is 574. The second kappa shape index (κ2) is 4.37. The summed E-state index contributed by atoms with van der Waals surface area (Å²) in [6.45, 7) is 2.13. The maximum atomic E-state index is 4.53. The van der Waals surface area contributed by atoms with Crippen LogP contribution in [0.25, 0.3) is 10.9 Å². The fourth-order valence-corrected chi connectivity index (χ4v) is 2.77. The first-order chi connectivity index (χ1) is 8.33. The molecule has 4 heteroatoms. The molecule has 1 aromatic carbocycles. The zero-order valence-electron chi connectivity index (χ0n) is 9.55. The standard InChI is InChI=1S/C13H13N3S/c1-9-8-17-13(15-9)16-11-6-2-4-10-5-3-7-14-12(10)11/h2-7,9H,8H2,1H3,(H,15,16). The average Bonchev–Trinajstić information content (AvgIpc) is 2.75.